The quantitative estimate of drug-likeness (QED) is 0.586. The van der Waals surface area contributed by atoms with Crippen LogP contribution in [0.4, 0.5) is 0 Å². The van der Waals surface area contributed by atoms with Crippen LogP contribution in [-0.4, -0.2) is 44.8 Å². The number of aromatic nitrogens is 1. The summed E-state index contributed by atoms with van der Waals surface area (Å²) in [6.45, 7) is 6.91. The Labute approximate surface area is 180 Å². The van der Waals surface area contributed by atoms with Gasteiger partial charge in [0.25, 0.3) is 0 Å². The molecule has 1 aromatic carbocycles. The minimum Gasteiger partial charge on any atom is -0.353 e. The van der Waals surface area contributed by atoms with Crippen molar-refractivity contribution in [2.45, 2.75) is 71.0 Å². The molecule has 2 amide bonds. The molecule has 30 heavy (non-hydrogen) atoms. The second kappa shape index (κ2) is 9.96. The molecule has 0 saturated heterocycles. The maximum absolute atomic E-state index is 13.5. The zero-order valence-electron chi connectivity index (χ0n) is 18.8. The Kier molecular flexibility index (Phi) is 7.35. The van der Waals surface area contributed by atoms with Crippen molar-refractivity contribution in [2.75, 3.05) is 6.54 Å². The summed E-state index contributed by atoms with van der Waals surface area (Å²) < 4.78 is 2.06. The van der Waals surface area contributed by atoms with Crippen LogP contribution in [0, 0.1) is 0 Å². The molecule has 2 aromatic rings. The van der Waals surface area contributed by atoms with Crippen LogP contribution in [0.25, 0.3) is 0 Å². The standard InChI is InChI=1S/C25H35N3O2/c1-5-19(3)27(25(30)23(6-2)20-11-8-7-9-12-20)18-24(29)28(21-14-15-21)17-22-13-10-16-26(22)4/h7-13,16,19,21,23H,5-6,14-15,17-18H2,1-4H3/t19-,23-/m0/s1. The first-order chi connectivity index (χ1) is 14.5. The highest BCUT2D eigenvalue weighted by Crippen LogP contribution is 2.29. The summed E-state index contributed by atoms with van der Waals surface area (Å²) >= 11 is 0. The maximum Gasteiger partial charge on any atom is 0.242 e. The average molecular weight is 410 g/mol. The highest BCUT2D eigenvalue weighted by molar-refractivity contribution is 5.89. The maximum atomic E-state index is 13.5. The van der Waals surface area contributed by atoms with Gasteiger partial charge in [0.15, 0.2) is 0 Å². The lowest BCUT2D eigenvalue weighted by atomic mass is 9.94. The van der Waals surface area contributed by atoms with E-state index >= 15 is 0 Å². The highest BCUT2D eigenvalue weighted by Gasteiger charge is 2.36. The van der Waals surface area contributed by atoms with Crippen molar-refractivity contribution < 1.29 is 9.59 Å². The normalized spacial score (nSPS) is 15.5. The number of amides is 2. The second-order valence-electron chi connectivity index (χ2n) is 8.46. The van der Waals surface area contributed by atoms with E-state index in [9.17, 15) is 9.59 Å². The molecule has 1 saturated carbocycles. The van der Waals surface area contributed by atoms with E-state index in [1.807, 2.05) is 73.3 Å². The third-order valence-corrected chi connectivity index (χ3v) is 6.31. The molecular formula is C25H35N3O2. The van der Waals surface area contributed by atoms with Crippen LogP contribution in [0.1, 0.15) is 63.6 Å². The smallest absolute Gasteiger partial charge is 0.242 e. The van der Waals surface area contributed by atoms with Crippen LogP contribution in [-0.2, 0) is 23.2 Å². The van der Waals surface area contributed by atoms with Crippen molar-refractivity contribution >= 4 is 11.8 Å². The van der Waals surface area contributed by atoms with Gasteiger partial charge in [-0.2, -0.15) is 0 Å². The molecule has 0 spiro atoms. The molecule has 1 aliphatic carbocycles. The Hall–Kier alpha value is -2.56. The fourth-order valence-electron chi connectivity index (χ4n) is 3.99. The summed E-state index contributed by atoms with van der Waals surface area (Å²) in [6.07, 6.45) is 5.65. The molecule has 1 aliphatic rings. The number of rotatable bonds is 10. The van der Waals surface area contributed by atoms with E-state index in [0.29, 0.717) is 12.6 Å². The summed E-state index contributed by atoms with van der Waals surface area (Å²) in [5.41, 5.74) is 2.14. The van der Waals surface area contributed by atoms with Crippen LogP contribution < -0.4 is 0 Å². The largest absolute Gasteiger partial charge is 0.353 e. The van der Waals surface area contributed by atoms with Crippen LogP contribution in [0.5, 0.6) is 0 Å². The Morgan fingerprint density at radius 2 is 1.77 bits per heavy atom. The van der Waals surface area contributed by atoms with E-state index in [1.165, 1.54) is 0 Å². The van der Waals surface area contributed by atoms with Crippen LogP contribution in [0.15, 0.2) is 48.7 Å². The number of carbonyl (C=O) groups is 2. The van der Waals surface area contributed by atoms with Gasteiger partial charge in [0.05, 0.1) is 12.5 Å². The molecule has 0 radical (unpaired) electrons. The van der Waals surface area contributed by atoms with E-state index in [2.05, 4.69) is 17.6 Å². The van der Waals surface area contributed by atoms with E-state index in [4.69, 9.17) is 0 Å². The van der Waals surface area contributed by atoms with Gasteiger partial charge in [-0.1, -0.05) is 44.2 Å². The Bertz CT molecular complexity index is 841. The predicted molar refractivity (Wildman–Crippen MR) is 120 cm³/mol. The van der Waals surface area contributed by atoms with Crippen molar-refractivity contribution in [2.24, 2.45) is 7.05 Å². The van der Waals surface area contributed by atoms with Crippen LogP contribution in [0.2, 0.25) is 0 Å². The second-order valence-corrected chi connectivity index (χ2v) is 8.46. The first kappa shape index (κ1) is 22.1. The van der Waals surface area contributed by atoms with Gasteiger partial charge in [0, 0.05) is 31.0 Å². The Morgan fingerprint density at radius 3 is 2.30 bits per heavy atom. The fourth-order valence-corrected chi connectivity index (χ4v) is 3.99. The molecule has 162 valence electrons. The molecule has 1 aromatic heterocycles. The number of carbonyl (C=O) groups excluding carboxylic acids is 2. The van der Waals surface area contributed by atoms with Gasteiger partial charge in [0.1, 0.15) is 6.54 Å². The lowest BCUT2D eigenvalue weighted by molar-refractivity contribution is -0.144. The summed E-state index contributed by atoms with van der Waals surface area (Å²) in [4.78, 5) is 30.7. The molecule has 2 atom stereocenters. The fraction of sp³-hybridized carbons (Fsp3) is 0.520. The summed E-state index contributed by atoms with van der Waals surface area (Å²) in [5, 5.41) is 0. The molecule has 1 heterocycles. The third-order valence-electron chi connectivity index (χ3n) is 6.31. The zero-order valence-corrected chi connectivity index (χ0v) is 18.8. The SMILES string of the molecule is CC[C@H](C(=O)N(CC(=O)N(Cc1cccn1C)C1CC1)[C@@H](C)CC)c1ccccc1. The monoisotopic (exact) mass is 409 g/mol. The zero-order chi connectivity index (χ0) is 21.7. The lowest BCUT2D eigenvalue weighted by Crippen LogP contribution is -2.48. The summed E-state index contributed by atoms with van der Waals surface area (Å²) in [6, 6.07) is 14.3. The van der Waals surface area contributed by atoms with E-state index < -0.39 is 0 Å². The van der Waals surface area contributed by atoms with Gasteiger partial charge in [0.2, 0.25) is 11.8 Å². The Morgan fingerprint density at radius 1 is 1.07 bits per heavy atom. The minimum atomic E-state index is -0.213. The number of hydrogen-bond acceptors (Lipinski definition) is 2. The van der Waals surface area contributed by atoms with Crippen molar-refractivity contribution in [1.82, 2.24) is 14.4 Å². The average Bonchev–Trinajstić information content (AvgIpc) is 3.52. The first-order valence-corrected chi connectivity index (χ1v) is 11.2. The van der Waals surface area contributed by atoms with Gasteiger partial charge < -0.3 is 14.4 Å². The highest BCUT2D eigenvalue weighted by atomic mass is 16.2. The number of hydrogen-bond donors (Lipinski definition) is 0. The molecule has 0 unspecified atom stereocenters. The number of aryl methyl sites for hydroxylation is 1. The summed E-state index contributed by atoms with van der Waals surface area (Å²) in [5.74, 6) is -0.105. The number of benzene rings is 1. The molecule has 5 nitrogen and oxygen atoms in total. The molecule has 0 bridgehead atoms. The molecule has 0 N–H and O–H groups in total. The molecule has 0 aliphatic heterocycles. The first-order valence-electron chi connectivity index (χ1n) is 11.2. The number of nitrogens with zero attached hydrogens (tertiary/aromatic N) is 3. The minimum absolute atomic E-state index is 0.0234. The van der Waals surface area contributed by atoms with Gasteiger partial charge >= 0.3 is 0 Å². The van der Waals surface area contributed by atoms with Gasteiger partial charge in [-0.25, -0.2) is 0 Å². The van der Waals surface area contributed by atoms with Crippen molar-refractivity contribution in [3.05, 3.63) is 59.9 Å². The van der Waals surface area contributed by atoms with Crippen molar-refractivity contribution in [3.63, 3.8) is 0 Å². The van der Waals surface area contributed by atoms with Gasteiger partial charge in [-0.05, 0) is 50.3 Å². The third kappa shape index (κ3) is 5.13. The predicted octanol–water partition coefficient (Wildman–Crippen LogP) is 4.34. The van der Waals surface area contributed by atoms with Crippen molar-refractivity contribution in [3.8, 4) is 0 Å². The van der Waals surface area contributed by atoms with Gasteiger partial charge in [-0.15, -0.1) is 0 Å². The van der Waals surface area contributed by atoms with E-state index in [-0.39, 0.29) is 30.3 Å². The summed E-state index contributed by atoms with van der Waals surface area (Å²) in [7, 11) is 2.01. The molecule has 5 heteroatoms. The Balaban J connectivity index is 1.78. The molecular weight excluding hydrogens is 374 g/mol. The van der Waals surface area contributed by atoms with Crippen molar-refractivity contribution in [1.29, 1.82) is 0 Å². The van der Waals surface area contributed by atoms with Gasteiger partial charge in [-0.3, -0.25) is 9.59 Å². The van der Waals surface area contributed by atoms with E-state index in [1.54, 1.807) is 0 Å². The topological polar surface area (TPSA) is 45.6 Å². The molecule has 3 rings (SSSR count). The van der Waals surface area contributed by atoms with Crippen LogP contribution in [0.3, 0.4) is 0 Å². The molecule has 1 fully saturated rings. The van der Waals surface area contributed by atoms with E-state index in [0.717, 1.165) is 36.9 Å². The van der Waals surface area contributed by atoms with Crippen LogP contribution >= 0.6 is 0 Å². The lowest BCUT2D eigenvalue weighted by Gasteiger charge is -2.34.